The van der Waals surface area contributed by atoms with Gasteiger partial charge >= 0.3 is 5.69 Å². The van der Waals surface area contributed by atoms with E-state index in [9.17, 15) is 10.1 Å². The SMILES string of the molecule is CNc1nc(C(C)C)c(Br)cc1[N+](=O)[O-]. The molecule has 1 aromatic heterocycles. The molecule has 15 heavy (non-hydrogen) atoms. The van der Waals surface area contributed by atoms with E-state index in [0.717, 1.165) is 5.69 Å². The van der Waals surface area contributed by atoms with Gasteiger partial charge in [-0.2, -0.15) is 0 Å². The molecule has 0 radical (unpaired) electrons. The van der Waals surface area contributed by atoms with E-state index in [1.165, 1.54) is 6.07 Å². The molecule has 82 valence electrons. The highest BCUT2D eigenvalue weighted by Gasteiger charge is 2.19. The normalized spacial score (nSPS) is 10.5. The molecular formula is C9H12BrN3O2. The van der Waals surface area contributed by atoms with Crippen molar-refractivity contribution in [1.82, 2.24) is 4.98 Å². The van der Waals surface area contributed by atoms with Crippen LogP contribution in [0.2, 0.25) is 0 Å². The van der Waals surface area contributed by atoms with E-state index in [1.54, 1.807) is 7.05 Å². The summed E-state index contributed by atoms with van der Waals surface area (Å²) < 4.78 is 0.670. The largest absolute Gasteiger partial charge is 0.367 e. The van der Waals surface area contributed by atoms with Crippen LogP contribution in [-0.4, -0.2) is 17.0 Å². The van der Waals surface area contributed by atoms with Crippen molar-refractivity contribution in [2.75, 3.05) is 12.4 Å². The van der Waals surface area contributed by atoms with Crippen molar-refractivity contribution in [2.45, 2.75) is 19.8 Å². The van der Waals surface area contributed by atoms with Crippen LogP contribution in [-0.2, 0) is 0 Å². The van der Waals surface area contributed by atoms with Gasteiger partial charge in [0.1, 0.15) is 0 Å². The Morgan fingerprint density at radius 3 is 2.60 bits per heavy atom. The van der Waals surface area contributed by atoms with Crippen molar-refractivity contribution in [3.63, 3.8) is 0 Å². The molecule has 1 aromatic rings. The smallest absolute Gasteiger partial charge is 0.312 e. The maximum atomic E-state index is 10.7. The lowest BCUT2D eigenvalue weighted by Crippen LogP contribution is -2.04. The zero-order valence-corrected chi connectivity index (χ0v) is 10.3. The fourth-order valence-electron chi connectivity index (χ4n) is 1.22. The Morgan fingerprint density at radius 2 is 2.20 bits per heavy atom. The number of hydrogen-bond donors (Lipinski definition) is 1. The number of pyridine rings is 1. The lowest BCUT2D eigenvalue weighted by Gasteiger charge is -2.09. The second-order valence-electron chi connectivity index (χ2n) is 3.38. The molecule has 0 amide bonds. The Balaban J connectivity index is 3.35. The minimum atomic E-state index is -0.451. The summed E-state index contributed by atoms with van der Waals surface area (Å²) in [6.45, 7) is 3.97. The zero-order valence-electron chi connectivity index (χ0n) is 8.74. The van der Waals surface area contributed by atoms with Gasteiger partial charge in [-0.25, -0.2) is 4.98 Å². The van der Waals surface area contributed by atoms with E-state index in [2.05, 4.69) is 26.2 Å². The van der Waals surface area contributed by atoms with Crippen LogP contribution < -0.4 is 5.32 Å². The molecule has 0 aromatic carbocycles. The van der Waals surface area contributed by atoms with Gasteiger partial charge in [-0.05, 0) is 21.8 Å². The number of nitrogens with one attached hydrogen (secondary N) is 1. The first-order valence-corrected chi connectivity index (χ1v) is 5.29. The number of nitrogens with zero attached hydrogens (tertiary/aromatic N) is 2. The number of hydrogen-bond acceptors (Lipinski definition) is 4. The highest BCUT2D eigenvalue weighted by atomic mass is 79.9. The van der Waals surface area contributed by atoms with Crippen molar-refractivity contribution in [3.8, 4) is 0 Å². The number of aromatic nitrogens is 1. The highest BCUT2D eigenvalue weighted by molar-refractivity contribution is 9.10. The summed E-state index contributed by atoms with van der Waals surface area (Å²) in [5.74, 6) is 0.513. The number of rotatable bonds is 3. The van der Waals surface area contributed by atoms with Crippen LogP contribution in [0.1, 0.15) is 25.5 Å². The second-order valence-corrected chi connectivity index (χ2v) is 4.24. The standard InChI is InChI=1S/C9H12BrN3O2/c1-5(2)8-6(10)4-7(13(14)15)9(11-3)12-8/h4-5H,1-3H3,(H,11,12). The summed E-state index contributed by atoms with van der Waals surface area (Å²) in [7, 11) is 1.62. The van der Waals surface area contributed by atoms with Crippen LogP contribution in [0, 0.1) is 10.1 Å². The zero-order chi connectivity index (χ0) is 11.6. The van der Waals surface area contributed by atoms with Gasteiger partial charge in [0.25, 0.3) is 0 Å². The Bertz CT molecular complexity index is 393. The Hall–Kier alpha value is -1.17. The van der Waals surface area contributed by atoms with Crippen molar-refractivity contribution >= 4 is 27.4 Å². The summed E-state index contributed by atoms with van der Waals surface area (Å²) in [5.41, 5.74) is 0.790. The Kier molecular flexibility index (Phi) is 3.62. The van der Waals surface area contributed by atoms with Gasteiger partial charge in [0.2, 0.25) is 5.82 Å². The lowest BCUT2D eigenvalue weighted by molar-refractivity contribution is -0.384. The average Bonchev–Trinajstić information content (AvgIpc) is 2.16. The first kappa shape index (κ1) is 11.9. The molecule has 0 saturated carbocycles. The maximum Gasteiger partial charge on any atom is 0.312 e. The lowest BCUT2D eigenvalue weighted by atomic mass is 10.1. The molecule has 1 N–H and O–H groups in total. The Morgan fingerprint density at radius 1 is 1.60 bits per heavy atom. The first-order chi connectivity index (χ1) is 6.97. The summed E-state index contributed by atoms with van der Waals surface area (Å²) in [6.07, 6.45) is 0. The topological polar surface area (TPSA) is 68.1 Å². The highest BCUT2D eigenvalue weighted by Crippen LogP contribution is 2.31. The third-order valence-corrected chi connectivity index (χ3v) is 2.60. The van der Waals surface area contributed by atoms with Gasteiger partial charge in [-0.3, -0.25) is 10.1 Å². The van der Waals surface area contributed by atoms with Crippen LogP contribution in [0.3, 0.4) is 0 Å². The molecule has 0 bridgehead atoms. The molecule has 0 aliphatic heterocycles. The summed E-state index contributed by atoms with van der Waals surface area (Å²) in [6, 6.07) is 1.48. The first-order valence-electron chi connectivity index (χ1n) is 4.50. The minimum absolute atomic E-state index is 0.0197. The number of anilines is 1. The van der Waals surface area contributed by atoms with Gasteiger partial charge in [0.15, 0.2) is 0 Å². The number of halogens is 1. The van der Waals surface area contributed by atoms with Gasteiger partial charge in [0.05, 0.1) is 10.6 Å². The molecular weight excluding hydrogens is 262 g/mol. The minimum Gasteiger partial charge on any atom is -0.367 e. The van der Waals surface area contributed by atoms with Crippen molar-refractivity contribution in [1.29, 1.82) is 0 Å². The van der Waals surface area contributed by atoms with Crippen molar-refractivity contribution in [3.05, 3.63) is 26.3 Å². The number of nitro groups is 1. The molecule has 0 aliphatic carbocycles. The molecule has 0 fully saturated rings. The maximum absolute atomic E-state index is 10.7. The predicted molar refractivity (Wildman–Crippen MR) is 62.2 cm³/mol. The van der Waals surface area contributed by atoms with Crippen LogP contribution in [0.4, 0.5) is 11.5 Å². The third kappa shape index (κ3) is 2.44. The van der Waals surface area contributed by atoms with E-state index >= 15 is 0 Å². The summed E-state index contributed by atoms with van der Waals surface area (Å²) in [5, 5.41) is 13.4. The fraction of sp³-hybridized carbons (Fsp3) is 0.444. The molecule has 6 heteroatoms. The van der Waals surface area contributed by atoms with Crippen LogP contribution in [0.5, 0.6) is 0 Å². The van der Waals surface area contributed by atoms with E-state index < -0.39 is 4.92 Å². The monoisotopic (exact) mass is 273 g/mol. The van der Waals surface area contributed by atoms with Gasteiger partial charge in [-0.15, -0.1) is 0 Å². The van der Waals surface area contributed by atoms with Gasteiger partial charge in [-0.1, -0.05) is 13.8 Å². The van der Waals surface area contributed by atoms with Crippen LogP contribution >= 0.6 is 15.9 Å². The van der Waals surface area contributed by atoms with Gasteiger partial charge < -0.3 is 5.32 Å². The fourth-order valence-corrected chi connectivity index (χ4v) is 1.98. The molecule has 1 heterocycles. The molecule has 0 atom stereocenters. The third-order valence-electron chi connectivity index (χ3n) is 1.96. The Labute approximate surface area is 96.2 Å². The average molecular weight is 274 g/mol. The van der Waals surface area contributed by atoms with Gasteiger partial charge in [0, 0.05) is 17.6 Å². The summed E-state index contributed by atoms with van der Waals surface area (Å²) >= 11 is 3.28. The van der Waals surface area contributed by atoms with Crippen LogP contribution in [0.15, 0.2) is 10.5 Å². The summed E-state index contributed by atoms with van der Waals surface area (Å²) in [4.78, 5) is 14.5. The quantitative estimate of drug-likeness (QED) is 0.679. The molecule has 0 aliphatic rings. The van der Waals surface area contributed by atoms with Crippen molar-refractivity contribution in [2.24, 2.45) is 0 Å². The van der Waals surface area contributed by atoms with E-state index in [1.807, 2.05) is 13.8 Å². The molecule has 5 nitrogen and oxygen atoms in total. The van der Waals surface area contributed by atoms with E-state index in [-0.39, 0.29) is 11.6 Å². The van der Waals surface area contributed by atoms with Crippen LogP contribution in [0.25, 0.3) is 0 Å². The van der Waals surface area contributed by atoms with E-state index in [4.69, 9.17) is 0 Å². The second kappa shape index (κ2) is 4.57. The van der Waals surface area contributed by atoms with Crippen molar-refractivity contribution < 1.29 is 4.92 Å². The van der Waals surface area contributed by atoms with E-state index in [0.29, 0.717) is 10.3 Å². The predicted octanol–water partition coefficient (Wildman–Crippen LogP) is 2.92. The molecule has 1 rings (SSSR count). The molecule has 0 spiro atoms. The molecule has 0 saturated heterocycles. The molecule has 0 unspecified atom stereocenters.